The lowest BCUT2D eigenvalue weighted by Gasteiger charge is -2.21. The second-order valence-corrected chi connectivity index (χ2v) is 5.88. The molecule has 4 rings (SSSR count). The highest BCUT2D eigenvalue weighted by molar-refractivity contribution is 5.79. The van der Waals surface area contributed by atoms with Crippen molar-refractivity contribution in [2.75, 3.05) is 0 Å². The summed E-state index contributed by atoms with van der Waals surface area (Å²) >= 11 is 0. The summed E-state index contributed by atoms with van der Waals surface area (Å²) in [5.41, 5.74) is 3.65. The molecular weight excluding hydrogens is 301 g/mol. The number of benzene rings is 2. The van der Waals surface area contributed by atoms with E-state index >= 15 is 0 Å². The summed E-state index contributed by atoms with van der Waals surface area (Å²) in [7, 11) is 0. The number of aryl methyl sites for hydroxylation is 1. The normalized spacial score (nSPS) is 14.9. The summed E-state index contributed by atoms with van der Waals surface area (Å²) in [5.74, 6) is -0.849. The van der Waals surface area contributed by atoms with Gasteiger partial charge in [0, 0.05) is 0 Å². The zero-order valence-corrected chi connectivity index (χ0v) is 12.4. The van der Waals surface area contributed by atoms with Gasteiger partial charge in [0.25, 0.3) is 0 Å². The van der Waals surface area contributed by atoms with Gasteiger partial charge in [-0.25, -0.2) is 4.98 Å². The molecule has 1 aliphatic carbocycles. The molecule has 1 aliphatic rings. The van der Waals surface area contributed by atoms with E-state index in [1.54, 1.807) is 30.3 Å². The van der Waals surface area contributed by atoms with Crippen LogP contribution in [0, 0.1) is 0 Å². The molecule has 118 valence electrons. The molecule has 0 aliphatic heterocycles. The molecule has 0 saturated heterocycles. The number of halogens is 3. The van der Waals surface area contributed by atoms with Crippen LogP contribution in [-0.4, -0.2) is 9.55 Å². The number of para-hydroxylation sites is 2. The van der Waals surface area contributed by atoms with E-state index in [2.05, 4.69) is 4.98 Å². The molecular formula is C18H15F3N2. The summed E-state index contributed by atoms with van der Waals surface area (Å²) in [6, 6.07) is 12.4. The monoisotopic (exact) mass is 316 g/mol. The highest BCUT2D eigenvalue weighted by Gasteiger charge is 2.38. The van der Waals surface area contributed by atoms with Crippen LogP contribution in [0.25, 0.3) is 16.7 Å². The molecule has 2 aromatic carbocycles. The van der Waals surface area contributed by atoms with E-state index in [1.807, 2.05) is 12.1 Å². The van der Waals surface area contributed by atoms with Gasteiger partial charge in [-0.2, -0.15) is 13.2 Å². The van der Waals surface area contributed by atoms with Gasteiger partial charge in [-0.3, -0.25) is 4.57 Å². The third-order valence-electron chi connectivity index (χ3n) is 4.43. The van der Waals surface area contributed by atoms with Crippen LogP contribution in [0.1, 0.15) is 29.8 Å². The smallest absolute Gasteiger partial charge is 0.288 e. The molecule has 0 unspecified atom stereocenters. The Kier molecular flexibility index (Phi) is 3.18. The molecule has 0 radical (unpaired) electrons. The van der Waals surface area contributed by atoms with Gasteiger partial charge in [-0.15, -0.1) is 0 Å². The molecule has 23 heavy (non-hydrogen) atoms. The van der Waals surface area contributed by atoms with Crippen LogP contribution in [0.4, 0.5) is 13.2 Å². The van der Waals surface area contributed by atoms with E-state index in [1.165, 1.54) is 4.57 Å². The highest BCUT2D eigenvalue weighted by Crippen LogP contribution is 2.36. The Balaban J connectivity index is 2.06. The van der Waals surface area contributed by atoms with Crippen LogP contribution in [0.2, 0.25) is 0 Å². The molecule has 0 N–H and O–H groups in total. The Labute approximate surface area is 131 Å². The minimum Gasteiger partial charge on any atom is -0.288 e. The molecule has 0 amide bonds. The first-order valence-electron chi connectivity index (χ1n) is 7.71. The van der Waals surface area contributed by atoms with Gasteiger partial charge < -0.3 is 0 Å². The molecule has 0 fully saturated rings. The molecule has 0 spiro atoms. The number of fused-ring (bicyclic) bond motifs is 2. The summed E-state index contributed by atoms with van der Waals surface area (Å²) in [6.45, 7) is 0. The van der Waals surface area contributed by atoms with Crippen molar-refractivity contribution in [1.82, 2.24) is 9.55 Å². The van der Waals surface area contributed by atoms with E-state index in [9.17, 15) is 13.2 Å². The van der Waals surface area contributed by atoms with Crippen LogP contribution < -0.4 is 0 Å². The number of imidazole rings is 1. The highest BCUT2D eigenvalue weighted by atomic mass is 19.4. The topological polar surface area (TPSA) is 17.8 Å². The molecule has 1 aromatic heterocycles. The van der Waals surface area contributed by atoms with Crippen molar-refractivity contribution in [1.29, 1.82) is 0 Å². The lowest BCUT2D eigenvalue weighted by Crippen LogP contribution is -2.16. The fourth-order valence-electron chi connectivity index (χ4n) is 3.43. The summed E-state index contributed by atoms with van der Waals surface area (Å²) in [6.07, 6.45) is -0.645. The van der Waals surface area contributed by atoms with Crippen molar-refractivity contribution in [3.05, 3.63) is 59.4 Å². The Morgan fingerprint density at radius 1 is 0.913 bits per heavy atom. The first-order valence-corrected chi connectivity index (χ1v) is 7.71. The van der Waals surface area contributed by atoms with Gasteiger partial charge in [0.1, 0.15) is 0 Å². The van der Waals surface area contributed by atoms with Crippen molar-refractivity contribution in [3.63, 3.8) is 0 Å². The second-order valence-electron chi connectivity index (χ2n) is 5.88. The lowest BCUT2D eigenvalue weighted by atomic mass is 9.90. The van der Waals surface area contributed by atoms with Gasteiger partial charge >= 0.3 is 6.18 Å². The van der Waals surface area contributed by atoms with Crippen LogP contribution in [0.15, 0.2) is 42.5 Å². The molecule has 0 atom stereocenters. The lowest BCUT2D eigenvalue weighted by molar-refractivity contribution is -0.145. The standard InChI is InChI=1S/C18H15F3N2/c19-18(20,21)17-22-14-9-3-4-10-16(14)23(17)15-11-5-7-12-6-1-2-8-13(12)15/h3-5,7,9-11H,1-2,6,8H2. The van der Waals surface area contributed by atoms with E-state index in [0.29, 0.717) is 16.7 Å². The van der Waals surface area contributed by atoms with Crippen molar-refractivity contribution >= 4 is 11.0 Å². The third kappa shape index (κ3) is 2.31. The van der Waals surface area contributed by atoms with Crippen LogP contribution >= 0.6 is 0 Å². The molecule has 2 nitrogen and oxygen atoms in total. The number of rotatable bonds is 1. The fraction of sp³-hybridized carbons (Fsp3) is 0.278. The maximum Gasteiger partial charge on any atom is 0.450 e. The number of nitrogens with zero attached hydrogens (tertiary/aromatic N) is 2. The average molecular weight is 316 g/mol. The van der Waals surface area contributed by atoms with Crippen LogP contribution in [0.5, 0.6) is 0 Å². The molecule has 5 heteroatoms. The Morgan fingerprint density at radius 2 is 1.70 bits per heavy atom. The van der Waals surface area contributed by atoms with Gasteiger partial charge in [0.15, 0.2) is 0 Å². The number of hydrogen-bond donors (Lipinski definition) is 0. The van der Waals surface area contributed by atoms with Gasteiger partial charge in [0.2, 0.25) is 5.82 Å². The van der Waals surface area contributed by atoms with Gasteiger partial charge in [-0.1, -0.05) is 24.3 Å². The minimum absolute atomic E-state index is 0.369. The maximum absolute atomic E-state index is 13.5. The van der Waals surface area contributed by atoms with E-state index in [4.69, 9.17) is 0 Å². The second kappa shape index (κ2) is 5.11. The van der Waals surface area contributed by atoms with Crippen LogP contribution in [-0.2, 0) is 19.0 Å². The summed E-state index contributed by atoms with van der Waals surface area (Å²) < 4.78 is 41.8. The molecule has 0 bridgehead atoms. The first-order chi connectivity index (χ1) is 11.1. The third-order valence-corrected chi connectivity index (χ3v) is 4.43. The zero-order chi connectivity index (χ0) is 16.0. The quantitative estimate of drug-likeness (QED) is 0.623. The van der Waals surface area contributed by atoms with E-state index in [-0.39, 0.29) is 0 Å². The van der Waals surface area contributed by atoms with Gasteiger partial charge in [-0.05, 0) is 55.0 Å². The van der Waals surface area contributed by atoms with E-state index < -0.39 is 12.0 Å². The van der Waals surface area contributed by atoms with Crippen LogP contribution in [0.3, 0.4) is 0 Å². The Morgan fingerprint density at radius 3 is 2.52 bits per heavy atom. The summed E-state index contributed by atoms with van der Waals surface area (Å²) in [5, 5.41) is 0. The zero-order valence-electron chi connectivity index (χ0n) is 12.4. The minimum atomic E-state index is -4.49. The van der Waals surface area contributed by atoms with Crippen molar-refractivity contribution in [2.24, 2.45) is 0 Å². The molecule has 1 heterocycles. The number of aromatic nitrogens is 2. The predicted molar refractivity (Wildman–Crippen MR) is 82.7 cm³/mol. The van der Waals surface area contributed by atoms with Crippen molar-refractivity contribution in [3.8, 4) is 5.69 Å². The Bertz CT molecular complexity index is 878. The van der Waals surface area contributed by atoms with Crippen molar-refractivity contribution in [2.45, 2.75) is 31.9 Å². The molecule has 3 aromatic rings. The first kappa shape index (κ1) is 14.3. The van der Waals surface area contributed by atoms with Crippen molar-refractivity contribution < 1.29 is 13.2 Å². The number of hydrogen-bond acceptors (Lipinski definition) is 1. The fourth-order valence-corrected chi connectivity index (χ4v) is 3.43. The Hall–Kier alpha value is -2.30. The number of alkyl halides is 3. The largest absolute Gasteiger partial charge is 0.450 e. The van der Waals surface area contributed by atoms with Gasteiger partial charge in [0.05, 0.1) is 16.7 Å². The SMILES string of the molecule is FC(F)(F)c1nc2ccccc2n1-c1cccc2c1CCCC2. The maximum atomic E-state index is 13.5. The summed E-state index contributed by atoms with van der Waals surface area (Å²) in [4.78, 5) is 3.85. The average Bonchev–Trinajstić information content (AvgIpc) is 2.94. The molecule has 0 saturated carbocycles. The predicted octanol–water partition coefficient (Wildman–Crippen LogP) is 4.92. The van der Waals surface area contributed by atoms with E-state index in [0.717, 1.165) is 36.8 Å².